The monoisotopic (exact) mass is 290 g/mol. The first-order valence-electron chi connectivity index (χ1n) is 7.43. The van der Waals surface area contributed by atoms with E-state index in [-0.39, 0.29) is 5.54 Å². The van der Waals surface area contributed by atoms with Crippen LogP contribution in [-0.4, -0.2) is 17.8 Å². The maximum Gasteiger partial charge on any atom is 0.106 e. The molecular weight excluding hydrogens is 264 g/mol. The topological polar surface area (TPSA) is 35.8 Å². The highest BCUT2D eigenvalue weighted by atomic mass is 32.2. The molecule has 0 fully saturated rings. The molecular formula is C17H26N2S. The van der Waals surface area contributed by atoms with E-state index in [1.807, 2.05) is 11.8 Å². The van der Waals surface area contributed by atoms with E-state index in [2.05, 4.69) is 57.3 Å². The summed E-state index contributed by atoms with van der Waals surface area (Å²) in [5.74, 6) is 1.07. The number of hydrogen-bond acceptors (Lipinski definition) is 3. The van der Waals surface area contributed by atoms with Crippen LogP contribution in [0.15, 0.2) is 23.1 Å². The Kier molecular flexibility index (Phi) is 7.12. The molecule has 0 radical (unpaired) electrons. The van der Waals surface area contributed by atoms with Gasteiger partial charge in [0.1, 0.15) is 5.54 Å². The Morgan fingerprint density at radius 2 is 2.05 bits per heavy atom. The van der Waals surface area contributed by atoms with Gasteiger partial charge >= 0.3 is 0 Å². The summed E-state index contributed by atoms with van der Waals surface area (Å²) < 4.78 is 0. The molecule has 110 valence electrons. The quantitative estimate of drug-likeness (QED) is 0.567. The number of nitriles is 1. The van der Waals surface area contributed by atoms with Gasteiger partial charge in [0.15, 0.2) is 0 Å². The summed E-state index contributed by atoms with van der Waals surface area (Å²) in [6, 6.07) is 9.06. The van der Waals surface area contributed by atoms with Crippen molar-refractivity contribution < 1.29 is 0 Å². The number of nitrogens with zero attached hydrogens (tertiary/aromatic N) is 1. The van der Waals surface area contributed by atoms with Crippen molar-refractivity contribution in [2.75, 3.05) is 12.3 Å². The molecule has 0 aliphatic heterocycles. The molecule has 1 aromatic rings. The molecule has 20 heavy (non-hydrogen) atoms. The van der Waals surface area contributed by atoms with Crippen molar-refractivity contribution in [2.24, 2.45) is 0 Å². The third kappa shape index (κ3) is 4.85. The minimum absolute atomic E-state index is 0.336. The van der Waals surface area contributed by atoms with Crippen LogP contribution < -0.4 is 5.32 Å². The molecule has 0 aliphatic rings. The van der Waals surface area contributed by atoms with Crippen LogP contribution in [0.4, 0.5) is 0 Å². The number of benzene rings is 1. The Bertz CT molecular complexity index is 465. The van der Waals surface area contributed by atoms with Crippen molar-refractivity contribution in [3.63, 3.8) is 0 Å². The van der Waals surface area contributed by atoms with Crippen molar-refractivity contribution >= 4 is 11.8 Å². The predicted octanol–water partition coefficient (Wildman–Crippen LogP) is 4.46. The van der Waals surface area contributed by atoms with E-state index in [0.29, 0.717) is 0 Å². The van der Waals surface area contributed by atoms with Gasteiger partial charge in [-0.15, -0.1) is 11.8 Å². The van der Waals surface area contributed by atoms with Crippen LogP contribution in [0.5, 0.6) is 0 Å². The molecule has 1 N–H and O–H groups in total. The molecule has 0 heterocycles. The fourth-order valence-corrected chi connectivity index (χ4v) is 3.38. The fraction of sp³-hybridized carbons (Fsp3) is 0.588. The maximum absolute atomic E-state index is 9.38. The van der Waals surface area contributed by atoms with Crippen LogP contribution in [0.2, 0.25) is 0 Å². The molecule has 0 aliphatic carbocycles. The molecule has 0 saturated carbocycles. The Labute approximate surface area is 128 Å². The largest absolute Gasteiger partial charge is 0.300 e. The van der Waals surface area contributed by atoms with Gasteiger partial charge in [0.2, 0.25) is 0 Å². The van der Waals surface area contributed by atoms with Gasteiger partial charge < -0.3 is 0 Å². The Morgan fingerprint density at radius 1 is 1.30 bits per heavy atom. The SMILES string of the molecule is CCNC(C#N)(CC)CCCSc1ccc(C)cc1C. The zero-order chi connectivity index (χ0) is 15.0. The highest BCUT2D eigenvalue weighted by molar-refractivity contribution is 7.99. The van der Waals surface area contributed by atoms with Crippen molar-refractivity contribution in [1.82, 2.24) is 5.32 Å². The van der Waals surface area contributed by atoms with Gasteiger partial charge in [-0.25, -0.2) is 0 Å². The van der Waals surface area contributed by atoms with E-state index in [9.17, 15) is 5.26 Å². The Balaban J connectivity index is 2.46. The van der Waals surface area contributed by atoms with Crippen molar-refractivity contribution in [3.8, 4) is 6.07 Å². The first kappa shape index (κ1) is 17.1. The van der Waals surface area contributed by atoms with Crippen LogP contribution in [0.1, 0.15) is 44.2 Å². The Morgan fingerprint density at radius 3 is 2.60 bits per heavy atom. The van der Waals surface area contributed by atoms with Crippen molar-refractivity contribution in [3.05, 3.63) is 29.3 Å². The highest BCUT2D eigenvalue weighted by Crippen LogP contribution is 2.26. The lowest BCUT2D eigenvalue weighted by atomic mass is 9.92. The lowest BCUT2D eigenvalue weighted by molar-refractivity contribution is 0.379. The number of aryl methyl sites for hydroxylation is 2. The normalized spacial score (nSPS) is 13.8. The van der Waals surface area contributed by atoms with Gasteiger partial charge in [-0.3, -0.25) is 5.32 Å². The first-order chi connectivity index (χ1) is 9.56. The van der Waals surface area contributed by atoms with Gasteiger partial charge in [0.25, 0.3) is 0 Å². The predicted molar refractivity (Wildman–Crippen MR) is 88.2 cm³/mol. The summed E-state index contributed by atoms with van der Waals surface area (Å²) in [5.41, 5.74) is 2.33. The molecule has 0 spiro atoms. The number of hydrogen-bond donors (Lipinski definition) is 1. The van der Waals surface area contributed by atoms with E-state index in [0.717, 1.165) is 31.6 Å². The highest BCUT2D eigenvalue weighted by Gasteiger charge is 2.25. The minimum atomic E-state index is -0.336. The fourth-order valence-electron chi connectivity index (χ4n) is 2.42. The molecule has 0 saturated heterocycles. The Hall–Kier alpha value is -0.980. The number of thioether (sulfide) groups is 1. The maximum atomic E-state index is 9.38. The van der Waals surface area contributed by atoms with Crippen LogP contribution in [0.3, 0.4) is 0 Å². The molecule has 0 aromatic heterocycles. The van der Waals surface area contributed by atoms with Gasteiger partial charge in [-0.05, 0) is 57.0 Å². The van der Waals surface area contributed by atoms with Crippen LogP contribution in [0.25, 0.3) is 0 Å². The summed E-state index contributed by atoms with van der Waals surface area (Å²) in [6.45, 7) is 9.29. The second-order valence-electron chi connectivity index (χ2n) is 5.30. The molecule has 0 amide bonds. The van der Waals surface area contributed by atoms with Gasteiger partial charge in [0, 0.05) is 4.90 Å². The summed E-state index contributed by atoms with van der Waals surface area (Å²) in [4.78, 5) is 1.36. The number of nitrogens with one attached hydrogen (secondary N) is 1. The van der Waals surface area contributed by atoms with E-state index in [1.165, 1.54) is 16.0 Å². The van der Waals surface area contributed by atoms with Gasteiger partial charge in [-0.1, -0.05) is 31.5 Å². The zero-order valence-electron chi connectivity index (χ0n) is 13.1. The lowest BCUT2D eigenvalue weighted by Crippen LogP contribution is -2.43. The average molecular weight is 290 g/mol. The second-order valence-corrected chi connectivity index (χ2v) is 6.44. The summed E-state index contributed by atoms with van der Waals surface area (Å²) in [7, 11) is 0. The molecule has 0 bridgehead atoms. The van der Waals surface area contributed by atoms with Crippen molar-refractivity contribution in [2.45, 2.75) is 57.4 Å². The molecule has 1 atom stereocenters. The summed E-state index contributed by atoms with van der Waals surface area (Å²) in [6.07, 6.45) is 2.85. The minimum Gasteiger partial charge on any atom is -0.300 e. The van der Waals surface area contributed by atoms with E-state index in [1.54, 1.807) is 0 Å². The molecule has 3 heteroatoms. The van der Waals surface area contributed by atoms with Crippen LogP contribution >= 0.6 is 11.8 Å². The number of rotatable bonds is 8. The molecule has 1 unspecified atom stereocenters. The van der Waals surface area contributed by atoms with E-state index >= 15 is 0 Å². The third-order valence-corrected chi connectivity index (χ3v) is 4.93. The van der Waals surface area contributed by atoms with Gasteiger partial charge in [-0.2, -0.15) is 5.26 Å². The first-order valence-corrected chi connectivity index (χ1v) is 8.41. The summed E-state index contributed by atoms with van der Waals surface area (Å²) in [5, 5.41) is 12.7. The zero-order valence-corrected chi connectivity index (χ0v) is 13.9. The van der Waals surface area contributed by atoms with Gasteiger partial charge in [0.05, 0.1) is 6.07 Å². The van der Waals surface area contributed by atoms with Crippen LogP contribution in [-0.2, 0) is 0 Å². The second kappa shape index (κ2) is 8.34. The van der Waals surface area contributed by atoms with Crippen LogP contribution in [0, 0.1) is 25.2 Å². The average Bonchev–Trinajstić information content (AvgIpc) is 2.44. The van der Waals surface area contributed by atoms with E-state index < -0.39 is 0 Å². The smallest absolute Gasteiger partial charge is 0.106 e. The molecule has 2 nitrogen and oxygen atoms in total. The molecule has 1 aromatic carbocycles. The summed E-state index contributed by atoms with van der Waals surface area (Å²) >= 11 is 1.90. The standard InChI is InChI=1S/C17H26N2S/c1-5-17(13-18,19-6-2)10-7-11-20-16-9-8-14(3)12-15(16)4/h8-9,12,19H,5-7,10-11H2,1-4H3. The van der Waals surface area contributed by atoms with E-state index in [4.69, 9.17) is 0 Å². The third-order valence-electron chi connectivity index (χ3n) is 3.67. The van der Waals surface area contributed by atoms with Crippen molar-refractivity contribution in [1.29, 1.82) is 5.26 Å². The molecule has 1 rings (SSSR count). The lowest BCUT2D eigenvalue weighted by Gasteiger charge is -2.25.